The zero-order valence-electron chi connectivity index (χ0n) is 8.25. The van der Waals surface area contributed by atoms with Crippen molar-refractivity contribution in [1.29, 1.82) is 0 Å². The van der Waals surface area contributed by atoms with Crippen LogP contribution in [0.2, 0.25) is 0 Å². The summed E-state index contributed by atoms with van der Waals surface area (Å²) < 4.78 is 5.54. The van der Waals surface area contributed by atoms with Gasteiger partial charge in [0.1, 0.15) is 0 Å². The molecule has 1 saturated heterocycles. The van der Waals surface area contributed by atoms with Crippen LogP contribution in [-0.2, 0) is 4.74 Å². The summed E-state index contributed by atoms with van der Waals surface area (Å²) in [6.45, 7) is 3.18. The minimum atomic E-state index is -0.623. The van der Waals surface area contributed by atoms with Crippen LogP contribution in [0.3, 0.4) is 0 Å². The van der Waals surface area contributed by atoms with Crippen molar-refractivity contribution in [3.8, 4) is 0 Å². The Morgan fingerprint density at radius 2 is 2.23 bits per heavy atom. The average molecular weight is 185 g/mol. The Bertz CT molecular complexity index is 203. The molecule has 1 aliphatic heterocycles. The number of aliphatic hydroxyl groups is 1. The van der Waals surface area contributed by atoms with Gasteiger partial charge in [0.2, 0.25) is 0 Å². The van der Waals surface area contributed by atoms with Crippen LogP contribution in [-0.4, -0.2) is 30.0 Å². The van der Waals surface area contributed by atoms with Crippen LogP contribution in [0.4, 0.5) is 0 Å². The van der Waals surface area contributed by atoms with Crippen molar-refractivity contribution >= 4 is 0 Å². The fourth-order valence-corrected chi connectivity index (χ4v) is 2.39. The predicted molar refractivity (Wildman–Crippen MR) is 50.3 cm³/mol. The van der Waals surface area contributed by atoms with Crippen molar-refractivity contribution in [1.82, 2.24) is 0 Å². The second-order valence-electron chi connectivity index (χ2n) is 4.56. The smallest absolute Gasteiger partial charge is 0.0972 e. The van der Waals surface area contributed by atoms with E-state index >= 15 is 0 Å². The molecule has 2 fully saturated rings. The highest BCUT2D eigenvalue weighted by Gasteiger charge is 2.60. The second kappa shape index (κ2) is 2.94. The summed E-state index contributed by atoms with van der Waals surface area (Å²) in [5.41, 5.74) is 5.08. The summed E-state index contributed by atoms with van der Waals surface area (Å²) in [7, 11) is 0. The number of ether oxygens (including phenoxy) is 1. The van der Waals surface area contributed by atoms with Crippen LogP contribution in [0.1, 0.15) is 32.6 Å². The molecule has 3 heteroatoms. The molecule has 0 amide bonds. The van der Waals surface area contributed by atoms with E-state index in [1.807, 2.05) is 0 Å². The number of hydrogen-bond donors (Lipinski definition) is 2. The first kappa shape index (κ1) is 9.44. The lowest BCUT2D eigenvalue weighted by Gasteiger charge is -2.30. The van der Waals surface area contributed by atoms with E-state index in [0.29, 0.717) is 13.2 Å². The SMILES string of the molecule is CCC1CC(O)(C2(CN)CC2)CO1. The Kier molecular flexibility index (Phi) is 2.13. The van der Waals surface area contributed by atoms with E-state index in [-0.39, 0.29) is 11.5 Å². The molecule has 1 heterocycles. The first-order valence-corrected chi connectivity index (χ1v) is 5.20. The first-order valence-electron chi connectivity index (χ1n) is 5.20. The van der Waals surface area contributed by atoms with E-state index in [2.05, 4.69) is 6.92 Å². The van der Waals surface area contributed by atoms with Gasteiger partial charge < -0.3 is 15.6 Å². The van der Waals surface area contributed by atoms with Gasteiger partial charge in [-0.2, -0.15) is 0 Å². The molecule has 2 unspecified atom stereocenters. The van der Waals surface area contributed by atoms with Gasteiger partial charge in [-0.15, -0.1) is 0 Å². The molecule has 3 N–H and O–H groups in total. The minimum absolute atomic E-state index is 0.00306. The van der Waals surface area contributed by atoms with Gasteiger partial charge in [0.15, 0.2) is 0 Å². The summed E-state index contributed by atoms with van der Waals surface area (Å²) >= 11 is 0. The molecule has 0 aromatic rings. The summed E-state index contributed by atoms with van der Waals surface area (Å²) in [6, 6.07) is 0. The van der Waals surface area contributed by atoms with E-state index in [9.17, 15) is 5.11 Å². The van der Waals surface area contributed by atoms with Crippen LogP contribution in [0.25, 0.3) is 0 Å². The van der Waals surface area contributed by atoms with Gasteiger partial charge in [0.25, 0.3) is 0 Å². The minimum Gasteiger partial charge on any atom is -0.387 e. The molecule has 0 spiro atoms. The molecule has 2 rings (SSSR count). The molecule has 0 aromatic carbocycles. The van der Waals surface area contributed by atoms with Gasteiger partial charge in [-0.05, 0) is 19.3 Å². The molecular weight excluding hydrogens is 166 g/mol. The Labute approximate surface area is 79.3 Å². The zero-order valence-corrected chi connectivity index (χ0v) is 8.25. The third kappa shape index (κ3) is 1.30. The summed E-state index contributed by atoms with van der Waals surface area (Å²) in [5.74, 6) is 0. The number of nitrogens with two attached hydrogens (primary N) is 1. The van der Waals surface area contributed by atoms with Gasteiger partial charge in [-0.3, -0.25) is 0 Å². The first-order chi connectivity index (χ1) is 6.16. The molecule has 3 nitrogen and oxygen atoms in total. The monoisotopic (exact) mass is 185 g/mol. The zero-order chi connectivity index (χ0) is 9.53. The maximum atomic E-state index is 10.4. The fraction of sp³-hybridized carbons (Fsp3) is 1.00. The largest absolute Gasteiger partial charge is 0.387 e. The maximum Gasteiger partial charge on any atom is 0.0972 e. The van der Waals surface area contributed by atoms with Gasteiger partial charge in [0, 0.05) is 18.4 Å². The molecule has 0 aromatic heterocycles. The quantitative estimate of drug-likeness (QED) is 0.679. The normalized spacial score (nSPS) is 42.2. The lowest BCUT2D eigenvalue weighted by Crippen LogP contribution is -2.44. The molecular formula is C10H19NO2. The summed E-state index contributed by atoms with van der Waals surface area (Å²) in [6.07, 6.45) is 4.15. The fourth-order valence-electron chi connectivity index (χ4n) is 2.39. The van der Waals surface area contributed by atoms with Gasteiger partial charge >= 0.3 is 0 Å². The lowest BCUT2D eigenvalue weighted by atomic mass is 9.82. The third-order valence-corrected chi connectivity index (χ3v) is 3.81. The molecule has 2 aliphatic rings. The Balaban J connectivity index is 2.06. The van der Waals surface area contributed by atoms with Crippen molar-refractivity contribution in [3.63, 3.8) is 0 Å². The van der Waals surface area contributed by atoms with Crippen LogP contribution >= 0.6 is 0 Å². The highest BCUT2D eigenvalue weighted by molar-refractivity contribution is 5.11. The Hall–Kier alpha value is -0.120. The van der Waals surface area contributed by atoms with E-state index < -0.39 is 5.60 Å². The van der Waals surface area contributed by atoms with Crippen molar-refractivity contribution in [2.24, 2.45) is 11.1 Å². The lowest BCUT2D eigenvalue weighted by molar-refractivity contribution is -0.0358. The van der Waals surface area contributed by atoms with E-state index in [1.165, 1.54) is 0 Å². The Morgan fingerprint density at radius 1 is 1.54 bits per heavy atom. The molecule has 13 heavy (non-hydrogen) atoms. The highest BCUT2D eigenvalue weighted by atomic mass is 16.5. The molecule has 1 saturated carbocycles. The van der Waals surface area contributed by atoms with Crippen molar-refractivity contribution in [3.05, 3.63) is 0 Å². The van der Waals surface area contributed by atoms with Crippen LogP contribution in [0.5, 0.6) is 0 Å². The molecule has 76 valence electrons. The highest BCUT2D eigenvalue weighted by Crippen LogP contribution is 2.56. The summed E-state index contributed by atoms with van der Waals surface area (Å²) in [5, 5.41) is 10.4. The van der Waals surface area contributed by atoms with E-state index in [0.717, 1.165) is 25.7 Å². The van der Waals surface area contributed by atoms with Crippen LogP contribution in [0.15, 0.2) is 0 Å². The average Bonchev–Trinajstić information content (AvgIpc) is 2.86. The van der Waals surface area contributed by atoms with Crippen molar-refractivity contribution in [2.45, 2.75) is 44.3 Å². The Morgan fingerprint density at radius 3 is 2.62 bits per heavy atom. The standard InChI is InChI=1S/C10H19NO2/c1-2-8-5-10(12,7-13-8)9(6-11)3-4-9/h8,12H,2-7,11H2,1H3. The molecule has 0 radical (unpaired) electrons. The second-order valence-corrected chi connectivity index (χ2v) is 4.56. The van der Waals surface area contributed by atoms with Gasteiger partial charge in [-0.1, -0.05) is 6.92 Å². The van der Waals surface area contributed by atoms with Crippen LogP contribution < -0.4 is 5.73 Å². The van der Waals surface area contributed by atoms with Crippen molar-refractivity contribution < 1.29 is 9.84 Å². The van der Waals surface area contributed by atoms with Crippen LogP contribution in [0, 0.1) is 5.41 Å². The predicted octanol–water partition coefficient (Wildman–Crippen LogP) is 0.655. The van der Waals surface area contributed by atoms with Gasteiger partial charge in [0.05, 0.1) is 18.3 Å². The van der Waals surface area contributed by atoms with Gasteiger partial charge in [-0.25, -0.2) is 0 Å². The molecule has 1 aliphatic carbocycles. The topological polar surface area (TPSA) is 55.5 Å². The maximum absolute atomic E-state index is 10.4. The summed E-state index contributed by atoms with van der Waals surface area (Å²) in [4.78, 5) is 0. The number of hydrogen-bond acceptors (Lipinski definition) is 3. The van der Waals surface area contributed by atoms with E-state index in [1.54, 1.807) is 0 Å². The number of rotatable bonds is 3. The molecule has 2 atom stereocenters. The third-order valence-electron chi connectivity index (χ3n) is 3.81. The molecule has 0 bridgehead atoms. The van der Waals surface area contributed by atoms with E-state index in [4.69, 9.17) is 10.5 Å². The van der Waals surface area contributed by atoms with Crippen molar-refractivity contribution in [2.75, 3.05) is 13.2 Å².